The molecule has 0 bridgehead atoms. The lowest BCUT2D eigenvalue weighted by molar-refractivity contribution is -0.155. The molecule has 2 rings (SSSR count). The molecule has 6 heteroatoms. The van der Waals surface area contributed by atoms with Crippen molar-refractivity contribution in [1.29, 1.82) is 0 Å². The number of aryl methyl sites for hydroxylation is 4. The first kappa shape index (κ1) is 21.3. The first-order valence-corrected chi connectivity index (χ1v) is 9.07. The molecule has 0 fully saturated rings. The summed E-state index contributed by atoms with van der Waals surface area (Å²) in [6, 6.07) is 9.40. The summed E-state index contributed by atoms with van der Waals surface area (Å²) in [4.78, 5) is 24.5. The zero-order chi connectivity index (χ0) is 20.8. The number of amides is 1. The predicted molar refractivity (Wildman–Crippen MR) is 108 cm³/mol. The zero-order valence-electron chi connectivity index (χ0n) is 17.2. The van der Waals surface area contributed by atoms with Crippen molar-refractivity contribution in [3.05, 3.63) is 52.6 Å². The van der Waals surface area contributed by atoms with Crippen molar-refractivity contribution in [3.8, 4) is 11.5 Å². The first-order valence-electron chi connectivity index (χ1n) is 9.07. The van der Waals surface area contributed by atoms with Crippen LogP contribution in [-0.4, -0.2) is 31.7 Å². The Morgan fingerprint density at radius 3 is 2.25 bits per heavy atom. The first-order chi connectivity index (χ1) is 13.2. The normalized spacial score (nSPS) is 11.5. The maximum Gasteiger partial charge on any atom is 0.344 e. The molecule has 0 aliphatic heterocycles. The van der Waals surface area contributed by atoms with Crippen molar-refractivity contribution >= 4 is 17.6 Å². The van der Waals surface area contributed by atoms with E-state index in [9.17, 15) is 9.59 Å². The number of ether oxygens (including phenoxy) is 3. The number of esters is 1. The van der Waals surface area contributed by atoms with Gasteiger partial charge in [0.1, 0.15) is 11.5 Å². The van der Waals surface area contributed by atoms with E-state index in [2.05, 4.69) is 5.32 Å². The SMILES string of the molecule is COc1ccc(C)cc1NC(=O)[C@@H](C)OC(=O)COc1c(C)cc(C)cc1C. The van der Waals surface area contributed by atoms with Crippen LogP contribution in [0.25, 0.3) is 0 Å². The van der Waals surface area contributed by atoms with Gasteiger partial charge in [-0.2, -0.15) is 0 Å². The topological polar surface area (TPSA) is 73.9 Å². The van der Waals surface area contributed by atoms with Gasteiger partial charge in [0.05, 0.1) is 12.8 Å². The third kappa shape index (κ3) is 5.49. The minimum atomic E-state index is -0.971. The van der Waals surface area contributed by atoms with Gasteiger partial charge < -0.3 is 19.5 Å². The van der Waals surface area contributed by atoms with Crippen LogP contribution in [0.5, 0.6) is 11.5 Å². The fourth-order valence-corrected chi connectivity index (χ4v) is 2.96. The molecule has 0 spiro atoms. The molecule has 0 saturated carbocycles. The Bertz CT molecular complexity index is 852. The average molecular weight is 385 g/mol. The third-order valence-corrected chi connectivity index (χ3v) is 4.23. The monoisotopic (exact) mass is 385 g/mol. The predicted octanol–water partition coefficient (Wildman–Crippen LogP) is 3.88. The molecule has 0 aliphatic rings. The fraction of sp³-hybridized carbons (Fsp3) is 0.364. The third-order valence-electron chi connectivity index (χ3n) is 4.23. The van der Waals surface area contributed by atoms with E-state index in [1.807, 2.05) is 45.9 Å². The van der Waals surface area contributed by atoms with Crippen molar-refractivity contribution in [2.75, 3.05) is 19.0 Å². The van der Waals surface area contributed by atoms with Gasteiger partial charge in [0.2, 0.25) is 0 Å². The number of nitrogens with one attached hydrogen (secondary N) is 1. The molecule has 1 atom stereocenters. The summed E-state index contributed by atoms with van der Waals surface area (Å²) in [5, 5.41) is 2.72. The Morgan fingerprint density at radius 2 is 1.64 bits per heavy atom. The summed E-state index contributed by atoms with van der Waals surface area (Å²) >= 11 is 0. The highest BCUT2D eigenvalue weighted by Gasteiger charge is 2.20. The molecular weight excluding hydrogens is 358 g/mol. The summed E-state index contributed by atoms with van der Waals surface area (Å²) in [5.74, 6) is 0.133. The lowest BCUT2D eigenvalue weighted by atomic mass is 10.1. The number of methoxy groups -OCH3 is 1. The maximum absolute atomic E-state index is 12.4. The molecule has 0 aromatic heterocycles. The Labute approximate surface area is 165 Å². The van der Waals surface area contributed by atoms with Crippen LogP contribution >= 0.6 is 0 Å². The van der Waals surface area contributed by atoms with Crippen LogP contribution in [0.15, 0.2) is 30.3 Å². The van der Waals surface area contributed by atoms with E-state index < -0.39 is 18.0 Å². The Morgan fingerprint density at radius 1 is 1.00 bits per heavy atom. The van der Waals surface area contributed by atoms with E-state index in [0.29, 0.717) is 17.2 Å². The summed E-state index contributed by atoms with van der Waals surface area (Å²) in [6.07, 6.45) is -0.971. The van der Waals surface area contributed by atoms with Gasteiger partial charge in [0.25, 0.3) is 5.91 Å². The Kier molecular flexibility index (Phi) is 7.04. The largest absolute Gasteiger partial charge is 0.495 e. The molecule has 2 aromatic carbocycles. The van der Waals surface area contributed by atoms with Crippen molar-refractivity contribution < 1.29 is 23.8 Å². The van der Waals surface area contributed by atoms with Crippen molar-refractivity contribution in [2.45, 2.75) is 40.7 Å². The van der Waals surface area contributed by atoms with Gasteiger partial charge in [-0.15, -0.1) is 0 Å². The number of carbonyl (C=O) groups is 2. The summed E-state index contributed by atoms with van der Waals surface area (Å²) in [7, 11) is 1.52. The van der Waals surface area contributed by atoms with Crippen LogP contribution in [0, 0.1) is 27.7 Å². The highest BCUT2D eigenvalue weighted by Crippen LogP contribution is 2.26. The number of hydrogen-bond acceptors (Lipinski definition) is 5. The number of benzene rings is 2. The molecule has 1 amide bonds. The highest BCUT2D eigenvalue weighted by atomic mass is 16.6. The second-order valence-corrected chi connectivity index (χ2v) is 6.84. The number of carbonyl (C=O) groups excluding carboxylic acids is 2. The highest BCUT2D eigenvalue weighted by molar-refractivity contribution is 5.96. The van der Waals surface area contributed by atoms with Crippen molar-refractivity contribution in [2.24, 2.45) is 0 Å². The number of rotatable bonds is 7. The van der Waals surface area contributed by atoms with Gasteiger partial charge >= 0.3 is 5.97 Å². The molecule has 28 heavy (non-hydrogen) atoms. The van der Waals surface area contributed by atoms with E-state index in [0.717, 1.165) is 22.3 Å². The van der Waals surface area contributed by atoms with Gasteiger partial charge in [-0.05, 0) is 63.4 Å². The molecular formula is C22H27NO5. The van der Waals surface area contributed by atoms with Crippen LogP contribution in [0.1, 0.15) is 29.2 Å². The lowest BCUT2D eigenvalue weighted by Gasteiger charge is -2.17. The maximum atomic E-state index is 12.4. The van der Waals surface area contributed by atoms with E-state index in [-0.39, 0.29) is 6.61 Å². The lowest BCUT2D eigenvalue weighted by Crippen LogP contribution is -2.31. The van der Waals surface area contributed by atoms with E-state index in [1.165, 1.54) is 14.0 Å². The van der Waals surface area contributed by atoms with E-state index in [4.69, 9.17) is 14.2 Å². The molecule has 0 unspecified atom stereocenters. The Hall–Kier alpha value is -3.02. The van der Waals surface area contributed by atoms with Gasteiger partial charge in [0.15, 0.2) is 12.7 Å². The minimum Gasteiger partial charge on any atom is -0.495 e. The molecule has 0 saturated heterocycles. The molecule has 150 valence electrons. The van der Waals surface area contributed by atoms with Crippen molar-refractivity contribution in [3.63, 3.8) is 0 Å². The van der Waals surface area contributed by atoms with Crippen LogP contribution in [0.2, 0.25) is 0 Å². The van der Waals surface area contributed by atoms with Crippen molar-refractivity contribution in [1.82, 2.24) is 0 Å². The second kappa shape index (κ2) is 9.26. The smallest absolute Gasteiger partial charge is 0.344 e. The summed E-state index contributed by atoms with van der Waals surface area (Å²) < 4.78 is 16.0. The van der Waals surface area contributed by atoms with Crippen LogP contribution in [0.4, 0.5) is 5.69 Å². The van der Waals surface area contributed by atoms with Gasteiger partial charge in [-0.3, -0.25) is 4.79 Å². The van der Waals surface area contributed by atoms with Crippen LogP contribution < -0.4 is 14.8 Å². The summed E-state index contributed by atoms with van der Waals surface area (Å²) in [5.41, 5.74) is 4.52. The van der Waals surface area contributed by atoms with Gasteiger partial charge in [-0.25, -0.2) is 4.79 Å². The van der Waals surface area contributed by atoms with Crippen LogP contribution in [0.3, 0.4) is 0 Å². The Balaban J connectivity index is 1.93. The summed E-state index contributed by atoms with van der Waals surface area (Å²) in [6.45, 7) is 9.00. The molecule has 0 heterocycles. The van der Waals surface area contributed by atoms with E-state index in [1.54, 1.807) is 12.1 Å². The standard InChI is InChI=1S/C22H27NO5/c1-13-7-8-19(26-6)18(11-13)23-22(25)17(5)28-20(24)12-27-21-15(3)9-14(2)10-16(21)4/h7-11,17H,12H2,1-6H3,(H,23,25)/t17-/m1/s1. The van der Waals surface area contributed by atoms with Crippen LogP contribution in [-0.2, 0) is 14.3 Å². The van der Waals surface area contributed by atoms with Gasteiger partial charge in [0, 0.05) is 0 Å². The number of hydrogen-bond donors (Lipinski definition) is 1. The molecule has 2 aromatic rings. The molecule has 1 N–H and O–H groups in total. The quantitative estimate of drug-likeness (QED) is 0.732. The minimum absolute atomic E-state index is 0.268. The number of anilines is 1. The molecule has 0 radical (unpaired) electrons. The molecule has 0 aliphatic carbocycles. The second-order valence-electron chi connectivity index (χ2n) is 6.84. The van der Waals surface area contributed by atoms with E-state index >= 15 is 0 Å². The fourth-order valence-electron chi connectivity index (χ4n) is 2.96. The van der Waals surface area contributed by atoms with Gasteiger partial charge in [-0.1, -0.05) is 23.8 Å². The average Bonchev–Trinajstić information content (AvgIpc) is 2.60. The zero-order valence-corrected chi connectivity index (χ0v) is 17.2. The molecule has 6 nitrogen and oxygen atoms in total.